The number of amides is 2. The van der Waals surface area contributed by atoms with E-state index in [9.17, 15) is 9.59 Å². The molecule has 0 saturated heterocycles. The highest BCUT2D eigenvalue weighted by atomic mass is 35.5. The van der Waals surface area contributed by atoms with Crippen molar-refractivity contribution in [1.29, 1.82) is 0 Å². The van der Waals surface area contributed by atoms with Gasteiger partial charge in [0, 0.05) is 11.6 Å². The Hall–Kier alpha value is -2.36. The Labute approximate surface area is 162 Å². The summed E-state index contributed by atoms with van der Waals surface area (Å²) in [6, 6.07) is 10.5. The first kappa shape index (κ1) is 18.4. The van der Waals surface area contributed by atoms with E-state index >= 15 is 0 Å². The summed E-state index contributed by atoms with van der Waals surface area (Å²) >= 11 is 8.47. The van der Waals surface area contributed by atoms with Crippen molar-refractivity contribution in [2.24, 2.45) is 0 Å². The summed E-state index contributed by atoms with van der Waals surface area (Å²) in [6.07, 6.45) is 1.41. The van der Waals surface area contributed by atoms with Crippen LogP contribution in [0.15, 0.2) is 51.4 Å². The van der Waals surface area contributed by atoms with Crippen molar-refractivity contribution in [3.05, 3.63) is 59.0 Å². The molecule has 2 heterocycles. The van der Waals surface area contributed by atoms with Gasteiger partial charge in [0.25, 0.3) is 5.91 Å². The lowest BCUT2D eigenvalue weighted by atomic mass is 10.2. The minimum atomic E-state index is -0.403. The number of nitrogens with zero attached hydrogens (tertiary/aromatic N) is 2. The van der Waals surface area contributed by atoms with Gasteiger partial charge in [-0.25, -0.2) is 0 Å². The molecule has 3 rings (SSSR count). The zero-order chi connectivity index (χ0) is 18.4. The molecule has 0 unspecified atom stereocenters. The molecule has 0 fully saturated rings. The first-order chi connectivity index (χ1) is 12.6. The van der Waals surface area contributed by atoms with Gasteiger partial charge in [-0.2, -0.15) is 0 Å². The smallest absolute Gasteiger partial charge is 0.293 e. The molecule has 7 nitrogen and oxygen atoms in total. The predicted molar refractivity (Wildman–Crippen MR) is 101 cm³/mol. The number of thioether (sulfide) groups is 1. The molecular weight excluding hydrogens is 396 g/mol. The fourth-order valence-corrected chi connectivity index (χ4v) is 3.68. The Morgan fingerprint density at radius 2 is 2.04 bits per heavy atom. The van der Waals surface area contributed by atoms with E-state index < -0.39 is 5.91 Å². The number of hydrogen-bond acceptors (Lipinski definition) is 7. The van der Waals surface area contributed by atoms with E-state index in [2.05, 4.69) is 20.8 Å². The maximum atomic E-state index is 11.9. The van der Waals surface area contributed by atoms with Crippen LogP contribution in [-0.4, -0.2) is 27.8 Å². The summed E-state index contributed by atoms with van der Waals surface area (Å²) in [5.74, 6) is -0.176. The molecule has 0 saturated carbocycles. The molecule has 0 aliphatic rings. The summed E-state index contributed by atoms with van der Waals surface area (Å²) in [6.45, 7) is 0.361. The van der Waals surface area contributed by atoms with E-state index in [0.717, 1.165) is 5.56 Å². The highest BCUT2D eigenvalue weighted by molar-refractivity contribution is 8.01. The monoisotopic (exact) mass is 408 g/mol. The number of benzene rings is 1. The number of furan rings is 1. The molecule has 0 aliphatic heterocycles. The van der Waals surface area contributed by atoms with Crippen molar-refractivity contribution in [3.63, 3.8) is 0 Å². The van der Waals surface area contributed by atoms with Crippen LogP contribution < -0.4 is 10.6 Å². The number of carbonyl (C=O) groups is 2. The topological polar surface area (TPSA) is 97.1 Å². The van der Waals surface area contributed by atoms with E-state index in [1.807, 2.05) is 18.2 Å². The molecule has 134 valence electrons. The van der Waals surface area contributed by atoms with E-state index in [4.69, 9.17) is 16.0 Å². The van der Waals surface area contributed by atoms with Crippen LogP contribution in [0, 0.1) is 0 Å². The van der Waals surface area contributed by atoms with Crippen molar-refractivity contribution in [2.45, 2.75) is 10.9 Å². The van der Waals surface area contributed by atoms with Crippen LogP contribution in [0.2, 0.25) is 5.02 Å². The van der Waals surface area contributed by atoms with Crippen molar-refractivity contribution in [1.82, 2.24) is 15.5 Å². The van der Waals surface area contributed by atoms with Gasteiger partial charge in [0.05, 0.1) is 12.0 Å². The minimum absolute atomic E-state index is 0.147. The number of halogens is 1. The second-order valence-corrected chi connectivity index (χ2v) is 7.57. The third-order valence-corrected chi connectivity index (χ3v) is 5.47. The summed E-state index contributed by atoms with van der Waals surface area (Å²) in [4.78, 5) is 23.8. The summed E-state index contributed by atoms with van der Waals surface area (Å²) in [5, 5.41) is 14.2. The molecule has 1 aromatic carbocycles. The van der Waals surface area contributed by atoms with Crippen LogP contribution in [-0.2, 0) is 11.3 Å². The summed E-state index contributed by atoms with van der Waals surface area (Å²) in [5.41, 5.74) is 0.853. The number of rotatable bonds is 7. The lowest BCUT2D eigenvalue weighted by Gasteiger charge is -2.05. The Kier molecular flexibility index (Phi) is 6.26. The van der Waals surface area contributed by atoms with E-state index in [1.165, 1.54) is 29.4 Å². The molecule has 0 bridgehead atoms. The fraction of sp³-hybridized carbons (Fsp3) is 0.125. The van der Waals surface area contributed by atoms with Crippen LogP contribution >= 0.6 is 34.7 Å². The molecule has 2 N–H and O–H groups in total. The van der Waals surface area contributed by atoms with Crippen LogP contribution in [0.3, 0.4) is 0 Å². The normalized spacial score (nSPS) is 10.5. The van der Waals surface area contributed by atoms with E-state index in [0.29, 0.717) is 21.0 Å². The second kappa shape index (κ2) is 8.84. The molecule has 10 heteroatoms. The average Bonchev–Trinajstić information content (AvgIpc) is 3.31. The minimum Gasteiger partial charge on any atom is -0.459 e. The van der Waals surface area contributed by atoms with Crippen molar-refractivity contribution in [3.8, 4) is 0 Å². The largest absolute Gasteiger partial charge is 0.459 e. The van der Waals surface area contributed by atoms with Crippen LogP contribution in [0.4, 0.5) is 5.13 Å². The Bertz CT molecular complexity index is 899. The highest BCUT2D eigenvalue weighted by Gasteiger charge is 2.13. The van der Waals surface area contributed by atoms with E-state index in [1.54, 1.807) is 18.2 Å². The van der Waals surface area contributed by atoms with Gasteiger partial charge in [-0.3, -0.25) is 14.9 Å². The van der Waals surface area contributed by atoms with Gasteiger partial charge in [0.1, 0.15) is 0 Å². The number of anilines is 1. The number of aromatic nitrogens is 2. The maximum absolute atomic E-state index is 11.9. The molecule has 0 radical (unpaired) electrons. The third kappa shape index (κ3) is 5.07. The Morgan fingerprint density at radius 1 is 1.19 bits per heavy atom. The van der Waals surface area contributed by atoms with Crippen molar-refractivity contribution in [2.75, 3.05) is 11.1 Å². The first-order valence-corrected chi connectivity index (χ1v) is 9.61. The standard InChI is InChI=1S/C16H13ClN4O3S2/c17-11-5-2-1-4-10(11)8-18-13(22)9-25-16-21-20-15(26-16)19-14(23)12-6-3-7-24-12/h1-7H,8-9H2,(H,18,22)(H,19,20,23). The average molecular weight is 409 g/mol. The molecule has 26 heavy (non-hydrogen) atoms. The van der Waals surface area contributed by atoms with Gasteiger partial charge in [-0.05, 0) is 23.8 Å². The zero-order valence-electron chi connectivity index (χ0n) is 13.3. The van der Waals surface area contributed by atoms with Gasteiger partial charge >= 0.3 is 0 Å². The SMILES string of the molecule is O=C(CSc1nnc(NC(=O)c2ccco2)s1)NCc1ccccc1Cl. The maximum Gasteiger partial charge on any atom is 0.293 e. The lowest BCUT2D eigenvalue weighted by Crippen LogP contribution is -2.24. The summed E-state index contributed by atoms with van der Waals surface area (Å²) < 4.78 is 5.58. The van der Waals surface area contributed by atoms with Gasteiger partial charge < -0.3 is 9.73 Å². The molecular formula is C16H13ClN4O3S2. The zero-order valence-corrected chi connectivity index (χ0v) is 15.7. The Morgan fingerprint density at radius 3 is 2.81 bits per heavy atom. The third-order valence-electron chi connectivity index (χ3n) is 3.13. The number of carbonyl (C=O) groups excluding carboxylic acids is 2. The molecule has 3 aromatic rings. The van der Waals surface area contributed by atoms with Gasteiger partial charge in [0.15, 0.2) is 10.1 Å². The van der Waals surface area contributed by atoms with Crippen LogP contribution in [0.5, 0.6) is 0 Å². The van der Waals surface area contributed by atoms with Crippen LogP contribution in [0.25, 0.3) is 0 Å². The first-order valence-electron chi connectivity index (χ1n) is 7.43. The molecule has 0 atom stereocenters. The van der Waals surface area contributed by atoms with Gasteiger partial charge in [-0.15, -0.1) is 10.2 Å². The number of hydrogen-bond donors (Lipinski definition) is 2. The van der Waals surface area contributed by atoms with Gasteiger partial charge in [0.2, 0.25) is 11.0 Å². The van der Waals surface area contributed by atoms with Crippen molar-refractivity contribution < 1.29 is 14.0 Å². The lowest BCUT2D eigenvalue weighted by molar-refractivity contribution is -0.118. The Balaban J connectivity index is 1.45. The quantitative estimate of drug-likeness (QED) is 0.459. The molecule has 0 spiro atoms. The van der Waals surface area contributed by atoms with Crippen molar-refractivity contribution >= 4 is 51.6 Å². The summed E-state index contributed by atoms with van der Waals surface area (Å²) in [7, 11) is 0. The highest BCUT2D eigenvalue weighted by Crippen LogP contribution is 2.25. The van der Waals surface area contributed by atoms with Crippen LogP contribution in [0.1, 0.15) is 16.1 Å². The molecule has 2 amide bonds. The van der Waals surface area contributed by atoms with E-state index in [-0.39, 0.29) is 17.4 Å². The van der Waals surface area contributed by atoms with Gasteiger partial charge in [-0.1, -0.05) is 52.9 Å². The fourth-order valence-electron chi connectivity index (χ4n) is 1.90. The predicted octanol–water partition coefficient (Wildman–Crippen LogP) is 3.45. The molecule has 2 aromatic heterocycles. The molecule has 0 aliphatic carbocycles. The number of nitrogens with one attached hydrogen (secondary N) is 2. The second-order valence-electron chi connectivity index (χ2n) is 4.96.